The van der Waals surface area contributed by atoms with Gasteiger partial charge in [-0.1, -0.05) is 23.5 Å². The van der Waals surface area contributed by atoms with E-state index in [0.29, 0.717) is 5.56 Å². The highest BCUT2D eigenvalue weighted by atomic mass is 32.1. The van der Waals surface area contributed by atoms with Gasteiger partial charge >= 0.3 is 12.2 Å². The van der Waals surface area contributed by atoms with Crippen molar-refractivity contribution in [2.45, 2.75) is 19.6 Å². The number of nitrogens with one attached hydrogen (secondary N) is 1. The smallest absolute Gasteiger partial charge is 0.320 e. The van der Waals surface area contributed by atoms with Crippen molar-refractivity contribution in [2.24, 2.45) is 0 Å². The molecule has 5 nitrogen and oxygen atoms in total. The lowest BCUT2D eigenvalue weighted by Gasteiger charge is -2.20. The Hall–Kier alpha value is -2.23. The van der Waals surface area contributed by atoms with Gasteiger partial charge in [-0.25, -0.2) is 9.18 Å². The van der Waals surface area contributed by atoms with Gasteiger partial charge in [0.25, 0.3) is 0 Å². The highest BCUT2D eigenvalue weighted by Crippen LogP contribution is 2.33. The number of halogens is 4. The number of carbonyl (C=O) groups is 1. The van der Waals surface area contributed by atoms with E-state index < -0.39 is 23.0 Å². The Morgan fingerprint density at radius 2 is 2.09 bits per heavy atom. The van der Waals surface area contributed by atoms with Crippen LogP contribution in [0.25, 0.3) is 0 Å². The second-order valence-electron chi connectivity index (χ2n) is 4.48. The van der Waals surface area contributed by atoms with E-state index in [-0.39, 0.29) is 29.6 Å². The van der Waals surface area contributed by atoms with Gasteiger partial charge in [0, 0.05) is 13.1 Å². The minimum atomic E-state index is -4.60. The van der Waals surface area contributed by atoms with Crippen molar-refractivity contribution in [1.82, 2.24) is 15.1 Å². The molecule has 1 aromatic carbocycles. The lowest BCUT2D eigenvalue weighted by Crippen LogP contribution is -2.34. The summed E-state index contributed by atoms with van der Waals surface area (Å²) in [5, 5.41) is 7.14. The topological polar surface area (TPSA) is 58.1 Å². The zero-order valence-corrected chi connectivity index (χ0v) is 12.7. The summed E-state index contributed by atoms with van der Waals surface area (Å²) in [6.07, 6.45) is -4.60. The maximum Gasteiger partial charge on any atom is 0.445 e. The first-order valence-electron chi connectivity index (χ1n) is 6.50. The molecule has 2 amide bonds. The van der Waals surface area contributed by atoms with Crippen molar-refractivity contribution >= 4 is 22.5 Å². The second-order valence-corrected chi connectivity index (χ2v) is 5.46. The third-order valence-electron chi connectivity index (χ3n) is 2.81. The van der Waals surface area contributed by atoms with Crippen molar-refractivity contribution in [1.29, 1.82) is 0 Å². The van der Waals surface area contributed by atoms with E-state index in [9.17, 15) is 22.4 Å². The monoisotopic (exact) mass is 348 g/mol. The number of hydrogen-bond donors (Lipinski definition) is 1. The van der Waals surface area contributed by atoms with Gasteiger partial charge in [0.15, 0.2) is 0 Å². The third kappa shape index (κ3) is 4.62. The molecule has 23 heavy (non-hydrogen) atoms. The van der Waals surface area contributed by atoms with Gasteiger partial charge in [-0.2, -0.15) is 13.2 Å². The average molecular weight is 348 g/mol. The molecule has 10 heteroatoms. The molecule has 1 aromatic heterocycles. The van der Waals surface area contributed by atoms with Crippen molar-refractivity contribution < 1.29 is 22.4 Å². The minimum Gasteiger partial charge on any atom is -0.320 e. The number of rotatable bonds is 4. The number of aromatic nitrogens is 2. The standard InChI is InChI=1S/C13H12F4N4OS/c1-2-21(7-8-4-3-5-9(14)6-8)12(22)18-11-20-19-10(23-11)13(15,16)17/h3-6H,2,7H2,1H3,(H,18,20,22). The number of nitrogens with zero attached hydrogens (tertiary/aromatic N) is 3. The number of anilines is 1. The van der Waals surface area contributed by atoms with Gasteiger partial charge in [0.1, 0.15) is 5.82 Å². The molecule has 0 aliphatic rings. The fraction of sp³-hybridized carbons (Fsp3) is 0.308. The molecule has 2 rings (SSSR count). The van der Waals surface area contributed by atoms with Crippen molar-refractivity contribution in [3.63, 3.8) is 0 Å². The van der Waals surface area contributed by atoms with E-state index >= 15 is 0 Å². The average Bonchev–Trinajstić information content (AvgIpc) is 2.93. The summed E-state index contributed by atoms with van der Waals surface area (Å²) < 4.78 is 50.5. The molecular weight excluding hydrogens is 336 g/mol. The van der Waals surface area contributed by atoms with Crippen LogP contribution in [0.4, 0.5) is 27.5 Å². The van der Waals surface area contributed by atoms with Crippen LogP contribution in [-0.4, -0.2) is 27.7 Å². The van der Waals surface area contributed by atoms with Gasteiger partial charge in [-0.05, 0) is 24.6 Å². The summed E-state index contributed by atoms with van der Waals surface area (Å²) in [6, 6.07) is 5.08. The Kier molecular flexibility index (Phi) is 5.14. The van der Waals surface area contributed by atoms with E-state index in [2.05, 4.69) is 15.5 Å². The summed E-state index contributed by atoms with van der Waals surface area (Å²) >= 11 is 0.239. The Labute approximate surface area is 132 Å². The molecule has 0 bridgehead atoms. The molecular formula is C13H12F4N4OS. The van der Waals surface area contributed by atoms with Crippen molar-refractivity contribution in [3.05, 3.63) is 40.7 Å². The van der Waals surface area contributed by atoms with Crippen LogP contribution in [0.15, 0.2) is 24.3 Å². The van der Waals surface area contributed by atoms with E-state index in [1.807, 2.05) is 0 Å². The van der Waals surface area contributed by atoms with Crippen LogP contribution in [-0.2, 0) is 12.7 Å². The number of hydrogen-bond acceptors (Lipinski definition) is 4. The van der Waals surface area contributed by atoms with Crippen LogP contribution in [0.2, 0.25) is 0 Å². The Balaban J connectivity index is 2.04. The Morgan fingerprint density at radius 3 is 2.65 bits per heavy atom. The minimum absolute atomic E-state index is 0.116. The zero-order valence-electron chi connectivity index (χ0n) is 11.9. The molecule has 0 unspecified atom stereocenters. The predicted molar refractivity (Wildman–Crippen MR) is 76.4 cm³/mol. The van der Waals surface area contributed by atoms with Gasteiger partial charge in [-0.15, -0.1) is 10.2 Å². The van der Waals surface area contributed by atoms with Crippen LogP contribution >= 0.6 is 11.3 Å². The molecule has 0 atom stereocenters. The molecule has 2 aromatic rings. The molecule has 1 N–H and O–H groups in total. The normalized spacial score (nSPS) is 11.3. The predicted octanol–water partition coefficient (Wildman–Crippen LogP) is 3.75. The lowest BCUT2D eigenvalue weighted by molar-refractivity contribution is -0.138. The summed E-state index contributed by atoms with van der Waals surface area (Å²) in [6.45, 7) is 2.10. The summed E-state index contributed by atoms with van der Waals surface area (Å²) in [4.78, 5) is 13.4. The maximum atomic E-state index is 13.1. The lowest BCUT2D eigenvalue weighted by atomic mass is 10.2. The number of urea groups is 1. The maximum absolute atomic E-state index is 13.1. The van der Waals surface area contributed by atoms with E-state index in [1.54, 1.807) is 13.0 Å². The highest BCUT2D eigenvalue weighted by Gasteiger charge is 2.35. The molecule has 0 aliphatic heterocycles. The number of carbonyl (C=O) groups excluding carboxylic acids is 1. The largest absolute Gasteiger partial charge is 0.445 e. The second kappa shape index (κ2) is 6.90. The molecule has 0 fully saturated rings. The van der Waals surface area contributed by atoms with Crippen LogP contribution in [0.1, 0.15) is 17.5 Å². The van der Waals surface area contributed by atoms with Gasteiger partial charge in [0.2, 0.25) is 10.1 Å². The summed E-state index contributed by atoms with van der Waals surface area (Å²) in [5.41, 5.74) is 0.565. The molecule has 0 saturated heterocycles. The van der Waals surface area contributed by atoms with Crippen LogP contribution < -0.4 is 5.32 Å². The number of alkyl halides is 3. The highest BCUT2D eigenvalue weighted by molar-refractivity contribution is 7.15. The van der Waals surface area contributed by atoms with E-state index in [4.69, 9.17) is 0 Å². The molecule has 0 spiro atoms. The van der Waals surface area contributed by atoms with Crippen LogP contribution in [0, 0.1) is 5.82 Å². The van der Waals surface area contributed by atoms with E-state index in [1.165, 1.54) is 23.1 Å². The first-order chi connectivity index (χ1) is 10.8. The van der Waals surface area contributed by atoms with Gasteiger partial charge in [0.05, 0.1) is 0 Å². The van der Waals surface area contributed by atoms with E-state index in [0.717, 1.165) is 0 Å². The summed E-state index contributed by atoms with van der Waals surface area (Å²) in [7, 11) is 0. The summed E-state index contributed by atoms with van der Waals surface area (Å²) in [5.74, 6) is -0.432. The van der Waals surface area contributed by atoms with Crippen LogP contribution in [0.5, 0.6) is 0 Å². The molecule has 0 aliphatic carbocycles. The SMILES string of the molecule is CCN(Cc1cccc(F)c1)C(=O)Nc1nnc(C(F)(F)F)s1. The zero-order chi connectivity index (χ0) is 17.0. The molecule has 124 valence electrons. The first-order valence-corrected chi connectivity index (χ1v) is 7.32. The Bertz CT molecular complexity index is 689. The fourth-order valence-corrected chi connectivity index (χ4v) is 2.34. The molecule has 1 heterocycles. The quantitative estimate of drug-likeness (QED) is 0.856. The first kappa shape index (κ1) is 17.1. The van der Waals surface area contributed by atoms with Crippen LogP contribution in [0.3, 0.4) is 0 Å². The molecule has 0 saturated carbocycles. The third-order valence-corrected chi connectivity index (χ3v) is 3.70. The Morgan fingerprint density at radius 1 is 1.35 bits per heavy atom. The van der Waals surface area contributed by atoms with Crippen molar-refractivity contribution in [2.75, 3.05) is 11.9 Å². The molecule has 0 radical (unpaired) electrons. The van der Waals surface area contributed by atoms with Gasteiger partial charge < -0.3 is 4.90 Å². The number of amides is 2. The number of benzene rings is 1. The fourth-order valence-electron chi connectivity index (χ4n) is 1.74. The van der Waals surface area contributed by atoms with Gasteiger partial charge in [-0.3, -0.25) is 5.32 Å². The van der Waals surface area contributed by atoms with Crippen molar-refractivity contribution in [3.8, 4) is 0 Å².